The van der Waals surface area contributed by atoms with Gasteiger partial charge in [-0.25, -0.2) is 4.79 Å². The van der Waals surface area contributed by atoms with Gasteiger partial charge in [0.15, 0.2) is 0 Å². The Labute approximate surface area is 169 Å². The quantitative estimate of drug-likeness (QED) is 0.715. The smallest absolute Gasteiger partial charge is 0.339 e. The lowest BCUT2D eigenvalue weighted by atomic mass is 9.72. The standard InChI is InChI=1S/C23H25NO5/c25-22(26)19-9-7-15(14-4-2-1-3-5-14)12-21(19)29-18-8-6-16-13-24-20(23(27)28)11-17(16)10-18/h1-5,7,9,12,16-18,20,24H,6,8,10-11,13H2,(H,25,26)(H,27,28). The maximum absolute atomic E-state index is 11.7. The second-order valence-corrected chi connectivity index (χ2v) is 7.99. The number of piperidine rings is 1. The second kappa shape index (κ2) is 8.25. The van der Waals surface area contributed by atoms with Crippen LogP contribution in [0, 0.1) is 11.8 Å². The molecule has 152 valence electrons. The largest absolute Gasteiger partial charge is 0.489 e. The van der Waals surface area contributed by atoms with Gasteiger partial charge < -0.3 is 20.3 Å². The summed E-state index contributed by atoms with van der Waals surface area (Å²) in [4.78, 5) is 23.0. The number of aliphatic carboxylic acids is 1. The van der Waals surface area contributed by atoms with Crippen LogP contribution in [-0.2, 0) is 4.79 Å². The number of aromatic carboxylic acids is 1. The molecule has 6 nitrogen and oxygen atoms in total. The average molecular weight is 395 g/mol. The molecule has 0 amide bonds. The van der Waals surface area contributed by atoms with E-state index < -0.39 is 18.0 Å². The summed E-state index contributed by atoms with van der Waals surface area (Å²) in [5, 5.41) is 22.0. The minimum Gasteiger partial charge on any atom is -0.489 e. The van der Waals surface area contributed by atoms with Crippen molar-refractivity contribution < 1.29 is 24.5 Å². The van der Waals surface area contributed by atoms with Crippen LogP contribution in [0.3, 0.4) is 0 Å². The van der Waals surface area contributed by atoms with Gasteiger partial charge in [-0.3, -0.25) is 4.79 Å². The van der Waals surface area contributed by atoms with Gasteiger partial charge in [0.05, 0.1) is 6.10 Å². The summed E-state index contributed by atoms with van der Waals surface area (Å²) < 4.78 is 6.21. The van der Waals surface area contributed by atoms with Crippen molar-refractivity contribution in [1.29, 1.82) is 0 Å². The number of carboxylic acids is 2. The molecule has 0 radical (unpaired) electrons. The van der Waals surface area contributed by atoms with Gasteiger partial charge in [-0.1, -0.05) is 36.4 Å². The third kappa shape index (κ3) is 4.27. The third-order valence-electron chi connectivity index (χ3n) is 6.17. The molecule has 2 aromatic carbocycles. The van der Waals surface area contributed by atoms with E-state index in [2.05, 4.69) is 5.32 Å². The minimum atomic E-state index is -1.01. The van der Waals surface area contributed by atoms with Gasteiger partial charge in [0.2, 0.25) is 0 Å². The Morgan fingerprint density at radius 1 is 0.931 bits per heavy atom. The highest BCUT2D eigenvalue weighted by Crippen LogP contribution is 2.38. The first-order chi connectivity index (χ1) is 14.0. The molecule has 29 heavy (non-hydrogen) atoms. The molecule has 6 heteroatoms. The molecule has 1 aliphatic heterocycles. The lowest BCUT2D eigenvalue weighted by Gasteiger charge is -2.41. The minimum absolute atomic E-state index is 0.104. The van der Waals surface area contributed by atoms with Crippen molar-refractivity contribution >= 4 is 11.9 Å². The summed E-state index contributed by atoms with van der Waals surface area (Å²) >= 11 is 0. The molecular weight excluding hydrogens is 370 g/mol. The highest BCUT2D eigenvalue weighted by molar-refractivity contribution is 5.92. The van der Waals surface area contributed by atoms with Crippen LogP contribution in [0.15, 0.2) is 48.5 Å². The Balaban J connectivity index is 1.53. The Bertz CT molecular complexity index is 897. The molecule has 0 bridgehead atoms. The number of hydrogen-bond acceptors (Lipinski definition) is 4. The predicted octanol–water partition coefficient (Wildman–Crippen LogP) is 3.66. The Kier molecular flexibility index (Phi) is 5.53. The molecule has 1 heterocycles. The first-order valence-corrected chi connectivity index (χ1v) is 10.1. The Morgan fingerprint density at radius 3 is 2.45 bits per heavy atom. The second-order valence-electron chi connectivity index (χ2n) is 7.99. The first kappa shape index (κ1) is 19.5. The summed E-state index contributed by atoms with van der Waals surface area (Å²) in [5.41, 5.74) is 2.06. The third-order valence-corrected chi connectivity index (χ3v) is 6.17. The molecule has 0 spiro atoms. The maximum atomic E-state index is 11.7. The van der Waals surface area contributed by atoms with Crippen LogP contribution in [0.5, 0.6) is 5.75 Å². The van der Waals surface area contributed by atoms with Gasteiger partial charge >= 0.3 is 11.9 Å². The van der Waals surface area contributed by atoms with Crippen molar-refractivity contribution in [2.45, 2.75) is 37.8 Å². The van der Waals surface area contributed by atoms with E-state index in [9.17, 15) is 19.8 Å². The molecular formula is C23H25NO5. The van der Waals surface area contributed by atoms with Crippen LogP contribution in [0.1, 0.15) is 36.0 Å². The van der Waals surface area contributed by atoms with Crippen molar-refractivity contribution in [1.82, 2.24) is 5.32 Å². The number of ether oxygens (including phenoxy) is 1. The number of carbonyl (C=O) groups is 2. The normalized spacial score (nSPS) is 26.3. The number of benzene rings is 2. The molecule has 1 aliphatic carbocycles. The van der Waals surface area contributed by atoms with E-state index in [1.165, 1.54) is 0 Å². The predicted molar refractivity (Wildman–Crippen MR) is 108 cm³/mol. The zero-order valence-electron chi connectivity index (χ0n) is 16.1. The molecule has 1 saturated heterocycles. The topological polar surface area (TPSA) is 95.9 Å². The van der Waals surface area contributed by atoms with Gasteiger partial charge in [-0.2, -0.15) is 0 Å². The SMILES string of the molecule is O=C(O)c1ccc(-c2ccccc2)cc1OC1CCC2CNC(C(=O)O)CC2C1. The van der Waals surface area contributed by atoms with E-state index in [1.54, 1.807) is 18.2 Å². The van der Waals surface area contributed by atoms with Crippen LogP contribution >= 0.6 is 0 Å². The van der Waals surface area contributed by atoms with Crippen molar-refractivity contribution in [2.75, 3.05) is 6.54 Å². The summed E-state index contributed by atoms with van der Waals surface area (Å²) in [7, 11) is 0. The Hall–Kier alpha value is -2.86. The molecule has 2 aliphatic rings. The van der Waals surface area contributed by atoms with E-state index in [0.717, 1.165) is 36.9 Å². The van der Waals surface area contributed by atoms with Gasteiger partial charge in [0.1, 0.15) is 17.4 Å². The first-order valence-electron chi connectivity index (χ1n) is 10.1. The lowest BCUT2D eigenvalue weighted by Crippen LogP contribution is -2.50. The maximum Gasteiger partial charge on any atom is 0.339 e. The fourth-order valence-electron chi connectivity index (χ4n) is 4.60. The molecule has 0 aromatic heterocycles. The highest BCUT2D eigenvalue weighted by atomic mass is 16.5. The number of nitrogens with one attached hydrogen (secondary N) is 1. The number of fused-ring (bicyclic) bond motifs is 1. The fraction of sp³-hybridized carbons (Fsp3) is 0.391. The van der Waals surface area contributed by atoms with E-state index in [0.29, 0.717) is 18.1 Å². The van der Waals surface area contributed by atoms with E-state index in [4.69, 9.17) is 4.74 Å². The van der Waals surface area contributed by atoms with Crippen molar-refractivity contribution in [2.24, 2.45) is 11.8 Å². The fourth-order valence-corrected chi connectivity index (χ4v) is 4.60. The molecule has 4 unspecified atom stereocenters. The van der Waals surface area contributed by atoms with Gasteiger partial charge in [-0.05, 0) is 67.3 Å². The zero-order valence-corrected chi connectivity index (χ0v) is 16.1. The number of hydrogen-bond donors (Lipinski definition) is 3. The highest BCUT2D eigenvalue weighted by Gasteiger charge is 2.38. The van der Waals surface area contributed by atoms with Crippen LogP contribution in [0.2, 0.25) is 0 Å². The van der Waals surface area contributed by atoms with Crippen LogP contribution in [-0.4, -0.2) is 40.8 Å². The summed E-state index contributed by atoms with van der Waals surface area (Å²) in [6.45, 7) is 0.720. The number of rotatable bonds is 5. The molecule has 3 N–H and O–H groups in total. The van der Waals surface area contributed by atoms with E-state index >= 15 is 0 Å². The average Bonchev–Trinajstić information content (AvgIpc) is 2.73. The van der Waals surface area contributed by atoms with Gasteiger partial charge in [-0.15, -0.1) is 0 Å². The summed E-state index contributed by atoms with van der Waals surface area (Å²) in [6.07, 6.45) is 3.04. The van der Waals surface area contributed by atoms with Crippen LogP contribution in [0.25, 0.3) is 11.1 Å². The molecule has 4 atom stereocenters. The van der Waals surface area contributed by atoms with E-state index in [1.807, 2.05) is 30.3 Å². The zero-order chi connectivity index (χ0) is 20.4. The van der Waals surface area contributed by atoms with Crippen molar-refractivity contribution in [3.05, 3.63) is 54.1 Å². The molecule has 2 fully saturated rings. The van der Waals surface area contributed by atoms with Gasteiger partial charge in [0, 0.05) is 0 Å². The van der Waals surface area contributed by atoms with Crippen molar-refractivity contribution in [3.8, 4) is 16.9 Å². The molecule has 2 aromatic rings. The Morgan fingerprint density at radius 2 is 1.72 bits per heavy atom. The van der Waals surface area contributed by atoms with Crippen LogP contribution in [0.4, 0.5) is 0 Å². The summed E-state index contributed by atoms with van der Waals surface area (Å²) in [6, 6.07) is 14.5. The lowest BCUT2D eigenvalue weighted by molar-refractivity contribution is -0.141. The van der Waals surface area contributed by atoms with Crippen LogP contribution < -0.4 is 10.1 Å². The van der Waals surface area contributed by atoms with E-state index in [-0.39, 0.29) is 17.6 Å². The number of carboxylic acid groups (broad SMARTS) is 2. The monoisotopic (exact) mass is 395 g/mol. The summed E-state index contributed by atoms with van der Waals surface area (Å²) in [5.74, 6) is -0.705. The van der Waals surface area contributed by atoms with Gasteiger partial charge in [0.25, 0.3) is 0 Å². The molecule has 4 rings (SSSR count). The van der Waals surface area contributed by atoms with Crippen molar-refractivity contribution in [3.63, 3.8) is 0 Å². The molecule has 1 saturated carbocycles.